The van der Waals surface area contributed by atoms with Crippen LogP contribution in [0.1, 0.15) is 55.6 Å². The van der Waals surface area contributed by atoms with E-state index in [1.54, 1.807) is 164 Å². The van der Waals surface area contributed by atoms with E-state index in [4.69, 9.17) is 22.0 Å². The molecule has 10 aromatic carbocycles. The zero-order valence-electron chi connectivity index (χ0n) is 79.1. The Morgan fingerprint density at radius 3 is 1.18 bits per heavy atom. The number of amides is 12. The summed E-state index contributed by atoms with van der Waals surface area (Å²) in [4.78, 5) is 138. The lowest BCUT2D eigenvalue weighted by atomic mass is 9.98. The Labute approximate surface area is 820 Å². The summed E-state index contributed by atoms with van der Waals surface area (Å²) >= 11 is 0. The summed E-state index contributed by atoms with van der Waals surface area (Å²) in [5.41, 5.74) is 18.3. The fourth-order valence-electron chi connectivity index (χ4n) is 20.0. The molecule has 0 bridgehead atoms. The van der Waals surface area contributed by atoms with Gasteiger partial charge in [-0.15, -0.1) is 6.42 Å². The number of carbonyl (C=O) groups is 9. The van der Waals surface area contributed by atoms with Crippen molar-refractivity contribution in [1.29, 1.82) is 0 Å². The number of benzene rings is 10. The highest BCUT2D eigenvalue weighted by molar-refractivity contribution is 5.95. The first-order valence-electron chi connectivity index (χ1n) is 47.4. The molecule has 6 atom stereocenters. The molecule has 7 aliphatic rings. The fraction of sp³-hybridized carbons (Fsp3) is 0.302. The largest absolute Gasteiger partial charge is 0.508 e. The minimum absolute atomic E-state index is 0.0454. The van der Waals surface area contributed by atoms with Crippen LogP contribution < -0.4 is 21.7 Å². The molecule has 730 valence electrons. The van der Waals surface area contributed by atoms with Gasteiger partial charge in [-0.1, -0.05) is 194 Å². The van der Waals surface area contributed by atoms with E-state index >= 15 is 0 Å². The maximum absolute atomic E-state index is 14.5. The highest BCUT2D eigenvalue weighted by Gasteiger charge is 2.55. The summed E-state index contributed by atoms with van der Waals surface area (Å²) in [5, 5.41) is 64.7. The van der Waals surface area contributed by atoms with E-state index in [2.05, 4.69) is 37.0 Å². The van der Waals surface area contributed by atoms with Crippen molar-refractivity contribution in [1.82, 2.24) is 110 Å². The molecular formula is C106H113N23O13. The van der Waals surface area contributed by atoms with Crippen LogP contribution in [0, 0.1) is 12.3 Å². The van der Waals surface area contributed by atoms with Gasteiger partial charge in [0.25, 0.3) is 0 Å². The number of morpholine rings is 1. The molecule has 0 unspecified atom stereocenters. The number of urea groups is 3. The number of aromatic hydroxyl groups is 3. The third-order valence-corrected chi connectivity index (χ3v) is 27.0. The number of hydrogen-bond donors (Lipinski definition) is 7. The summed E-state index contributed by atoms with van der Waals surface area (Å²) < 4.78 is 11.2. The number of nitrogens with zero attached hydrogens (tertiary/aromatic N) is 19. The number of nitrogens with one attached hydrogen (secondary N) is 3. The monoisotopic (exact) mass is 1920 g/mol. The first-order valence-corrected chi connectivity index (χ1v) is 47.4. The standard InChI is InChI=1S/C37H38N8O4.C36H42N8O5.C33H33N7O4/c1-41-24-34(47)44-32(18-25-13-15-31(46)16-14-25)36(48)42(23-33(44)45(41)37(49)39-19-26-7-3-2-4-8-26)22-29-11-6-10-28-20-40-43(35(28)29)21-27-9-5-12-30(38)17-27;1-39-25-33(46)43-31(20-26-10-12-30(45)13-11-26)35(47)41(24-32(43)44(39)36(48)37-21-27-6-3-2-4-7-27)23-29-9-5-8-28-22-38-42(34(28)29)15-14-40-16-18-49-19-17-40;1-3-15-38-28-17-25(9-12-26(28)19-35-38)20-37-21-30-39(29(32(37)43)16-23-10-13-27(41)14-11-23)31(42)22-36(2)40(30)33(44)34-18-24-7-5-4-6-8-24/h2-17,20,32-33,46H,18-19,21-24,38H2,1H3,(H,39,49);2-13,22,31-32,45H,14-21,23-25H2,1H3,(H,37,48);1,4-14,17,19,29-30,41H,15-16,18,20-22H2,2H3,(H,34,44)/t32-,33-;31-,32-;29-,30-/m000/s1. The van der Waals surface area contributed by atoms with Crippen molar-refractivity contribution in [3.05, 3.63) is 317 Å². The Balaban J connectivity index is 0.000000141. The number of para-hydroxylation sites is 2. The lowest BCUT2D eigenvalue weighted by Crippen LogP contribution is -2.76. The normalized spacial score (nSPS) is 19.2. The SMILES string of the molecule is C#CCn1ncc2ccc(CN3C[C@H]4N(C(=O)CN(C)N4C(=O)NCc4ccccc4)[C@@H](Cc4ccc(O)cc4)C3=O)cc21.CN1CC(=O)N2[C@@H](Cc3ccc(O)cc3)C(=O)N(Cc3cccc4cnn(CCN5CCOCC5)c34)C[C@@H]2N1C(=O)NCc1ccccc1.CN1CC(=O)N2[C@@H](Cc3ccc(O)cc3)C(=O)N(Cc3cccc4cnn(Cc5cccc(N)c5)c34)C[C@@H]2N1C(=O)NCc1ccccc1. The molecule has 3 aromatic heterocycles. The lowest BCUT2D eigenvalue weighted by molar-refractivity contribution is -0.187. The zero-order chi connectivity index (χ0) is 98.8. The number of ether oxygens (including phenoxy) is 1. The summed E-state index contributed by atoms with van der Waals surface area (Å²) in [7, 11) is 5.14. The molecule has 13 aromatic rings. The molecule has 0 saturated carbocycles. The van der Waals surface area contributed by atoms with Gasteiger partial charge in [0.1, 0.15) is 60.4 Å². The molecule has 142 heavy (non-hydrogen) atoms. The Morgan fingerprint density at radius 2 is 0.768 bits per heavy atom. The van der Waals surface area contributed by atoms with Crippen LogP contribution in [-0.2, 0) is 112 Å². The molecule has 36 nitrogen and oxygen atoms in total. The molecular weight excluding hydrogens is 1800 g/mol. The summed E-state index contributed by atoms with van der Waals surface area (Å²) in [6.07, 6.45) is 9.43. The molecule has 0 aliphatic carbocycles. The van der Waals surface area contributed by atoms with Gasteiger partial charge in [-0.05, 0) is 110 Å². The maximum atomic E-state index is 14.5. The second-order valence-corrected chi connectivity index (χ2v) is 36.6. The van der Waals surface area contributed by atoms with E-state index in [-0.39, 0.29) is 149 Å². The number of anilines is 1. The smallest absolute Gasteiger partial charge is 0.334 e. The molecule has 0 spiro atoms. The average molecular weight is 1920 g/mol. The molecule has 20 rings (SSSR count). The van der Waals surface area contributed by atoms with Gasteiger partial charge in [0, 0.05) is 121 Å². The number of rotatable bonds is 24. The number of aromatic nitrogens is 6. The number of phenolic OH excluding ortho intramolecular Hbond substituents is 3. The Hall–Kier alpha value is -16.2. The number of fused-ring (bicyclic) bond motifs is 6. The van der Waals surface area contributed by atoms with Gasteiger partial charge < -0.3 is 71.1 Å². The number of carbonyl (C=O) groups excluding carboxylic acids is 9. The third-order valence-electron chi connectivity index (χ3n) is 27.0. The highest BCUT2D eigenvalue weighted by atomic mass is 16.5. The van der Waals surface area contributed by atoms with E-state index in [9.17, 15) is 58.5 Å². The van der Waals surface area contributed by atoms with Crippen molar-refractivity contribution in [2.45, 2.75) is 115 Å². The van der Waals surface area contributed by atoms with E-state index in [0.29, 0.717) is 45.0 Å². The number of nitrogen functional groups attached to an aromatic ring is 1. The molecule has 0 radical (unpaired) electrons. The minimum atomic E-state index is -0.870. The molecule has 10 heterocycles. The second kappa shape index (κ2) is 43.0. The summed E-state index contributed by atoms with van der Waals surface area (Å²) in [5.74, 6) is 1.63. The van der Waals surface area contributed by atoms with Gasteiger partial charge in [-0.25, -0.2) is 44.4 Å². The van der Waals surface area contributed by atoms with Crippen LogP contribution in [0.4, 0.5) is 20.1 Å². The highest BCUT2D eigenvalue weighted by Crippen LogP contribution is 2.37. The molecule has 8 N–H and O–H groups in total. The maximum Gasteiger partial charge on any atom is 0.334 e. The van der Waals surface area contributed by atoms with Crippen molar-refractivity contribution in [2.24, 2.45) is 0 Å². The Bertz CT molecular complexity index is 6800. The first-order chi connectivity index (χ1) is 68.9. The molecule has 7 fully saturated rings. The van der Waals surface area contributed by atoms with E-state index in [0.717, 1.165) is 121 Å². The van der Waals surface area contributed by atoms with Crippen molar-refractivity contribution in [2.75, 3.05) is 99.0 Å². The summed E-state index contributed by atoms with van der Waals surface area (Å²) in [6, 6.07) is 70.5. The van der Waals surface area contributed by atoms with E-state index in [1.165, 1.54) is 0 Å². The van der Waals surface area contributed by atoms with Gasteiger partial charge >= 0.3 is 18.1 Å². The van der Waals surface area contributed by atoms with E-state index < -0.39 is 36.6 Å². The fourth-order valence-corrected chi connectivity index (χ4v) is 20.0. The second-order valence-electron chi connectivity index (χ2n) is 36.6. The van der Waals surface area contributed by atoms with Crippen LogP contribution in [0.15, 0.2) is 261 Å². The van der Waals surface area contributed by atoms with Crippen molar-refractivity contribution >= 4 is 91.9 Å². The van der Waals surface area contributed by atoms with Crippen LogP contribution in [0.2, 0.25) is 0 Å². The molecule has 36 heteroatoms. The van der Waals surface area contributed by atoms with E-state index in [1.807, 2.05) is 192 Å². The number of piperazine rings is 3. The van der Waals surface area contributed by atoms with Gasteiger partial charge in [-0.2, -0.15) is 15.3 Å². The predicted octanol–water partition coefficient (Wildman–Crippen LogP) is 8.36. The minimum Gasteiger partial charge on any atom is -0.508 e. The summed E-state index contributed by atoms with van der Waals surface area (Å²) in [6.45, 7) is 7.54. The number of hydrogen-bond acceptors (Lipinski definition) is 21. The lowest BCUT2D eigenvalue weighted by Gasteiger charge is -2.54. The first kappa shape index (κ1) is 96.1. The van der Waals surface area contributed by atoms with Crippen molar-refractivity contribution in [3.63, 3.8) is 0 Å². The predicted molar refractivity (Wildman–Crippen MR) is 530 cm³/mol. The van der Waals surface area contributed by atoms with Gasteiger partial charge in [0.15, 0.2) is 0 Å². The van der Waals surface area contributed by atoms with Crippen LogP contribution in [0.25, 0.3) is 32.7 Å². The number of likely N-dealkylation sites (N-methyl/N-ethyl adjacent to an activating group) is 3. The molecule has 12 amide bonds. The number of phenols is 3. The quantitative estimate of drug-likeness (QED) is 0.0220. The van der Waals surface area contributed by atoms with Crippen LogP contribution in [-0.4, -0.2) is 292 Å². The van der Waals surface area contributed by atoms with Crippen LogP contribution >= 0.6 is 0 Å². The van der Waals surface area contributed by atoms with Crippen LogP contribution in [0.3, 0.4) is 0 Å². The Kier molecular flexibility index (Phi) is 29.1. The molecule has 7 saturated heterocycles. The molecule has 7 aliphatic heterocycles. The van der Waals surface area contributed by atoms with Crippen LogP contribution in [0.5, 0.6) is 17.2 Å². The zero-order valence-corrected chi connectivity index (χ0v) is 79.1. The number of nitrogens with two attached hydrogens (primary N) is 1. The average Bonchev–Trinajstić information content (AvgIpc) is 0.876. The third kappa shape index (κ3) is 21.5. The Morgan fingerprint density at radius 1 is 0.401 bits per heavy atom. The van der Waals surface area contributed by atoms with Gasteiger partial charge in [-0.3, -0.25) is 47.7 Å². The number of terminal acetylenes is 1. The van der Waals surface area contributed by atoms with Gasteiger partial charge in [0.05, 0.1) is 101 Å². The topological polar surface area (TPSA) is 381 Å². The number of hydrazine groups is 3. The van der Waals surface area contributed by atoms with Crippen molar-refractivity contribution < 1.29 is 63.2 Å². The van der Waals surface area contributed by atoms with Crippen molar-refractivity contribution in [3.8, 4) is 29.6 Å². The van der Waals surface area contributed by atoms with Gasteiger partial charge in [0.2, 0.25) is 35.4 Å².